The number of aliphatic carboxylic acids is 1. The molecule has 0 saturated heterocycles. The van der Waals surface area contributed by atoms with E-state index in [0.29, 0.717) is 5.56 Å². The molecule has 1 N–H and O–H groups in total. The Bertz CT molecular complexity index is 1220. The van der Waals surface area contributed by atoms with Crippen LogP contribution in [0.4, 0.5) is 10.1 Å². The van der Waals surface area contributed by atoms with Gasteiger partial charge in [-0.2, -0.15) is 0 Å². The molecular formula is C24H28FNO8S. The van der Waals surface area contributed by atoms with E-state index < -0.39 is 39.5 Å². The van der Waals surface area contributed by atoms with E-state index in [1.165, 1.54) is 19.2 Å². The van der Waals surface area contributed by atoms with Crippen molar-refractivity contribution in [3.8, 4) is 11.5 Å². The standard InChI is InChI=1S/C24H28FNO8S/c1-24(2,3)34-23(29)12-15-5-9-20-19(11-15)26(14-16(33-20)6-10-22(27)28)35(30,31)17-7-8-18(25)21(13-17)32-4/h5,7-9,11,13,16H,6,10,12,14H2,1-4H3,(H,27,28)/t16-/m0/s1. The van der Waals surface area contributed by atoms with E-state index in [0.717, 1.165) is 22.5 Å². The third kappa shape index (κ3) is 6.41. The number of nitrogens with zero attached hydrogens (tertiary/aromatic N) is 1. The zero-order valence-electron chi connectivity index (χ0n) is 19.9. The van der Waals surface area contributed by atoms with Gasteiger partial charge in [-0.25, -0.2) is 12.8 Å². The Morgan fingerprint density at radius 3 is 2.54 bits per heavy atom. The number of esters is 1. The predicted octanol–water partition coefficient (Wildman–Crippen LogP) is 3.54. The summed E-state index contributed by atoms with van der Waals surface area (Å²) in [7, 11) is -3.00. The fourth-order valence-electron chi connectivity index (χ4n) is 3.60. The number of anilines is 1. The zero-order chi connectivity index (χ0) is 26.0. The van der Waals surface area contributed by atoms with Crippen LogP contribution in [0.25, 0.3) is 0 Å². The number of carboxylic acid groups (broad SMARTS) is 1. The topological polar surface area (TPSA) is 119 Å². The van der Waals surface area contributed by atoms with Gasteiger partial charge in [0.15, 0.2) is 11.6 Å². The van der Waals surface area contributed by atoms with Crippen LogP contribution in [-0.4, -0.2) is 50.8 Å². The van der Waals surface area contributed by atoms with Gasteiger partial charge >= 0.3 is 11.9 Å². The number of benzene rings is 2. The molecule has 3 rings (SSSR count). The Balaban J connectivity index is 2.01. The summed E-state index contributed by atoms with van der Waals surface area (Å²) in [6, 6.07) is 7.87. The quantitative estimate of drug-likeness (QED) is 0.537. The lowest BCUT2D eigenvalue weighted by atomic mass is 10.1. The van der Waals surface area contributed by atoms with Crippen molar-refractivity contribution < 1.29 is 41.7 Å². The van der Waals surface area contributed by atoms with Gasteiger partial charge in [-0.15, -0.1) is 0 Å². The number of hydrogen-bond donors (Lipinski definition) is 1. The monoisotopic (exact) mass is 509 g/mol. The maximum absolute atomic E-state index is 13.9. The molecular weight excluding hydrogens is 481 g/mol. The maximum Gasteiger partial charge on any atom is 0.310 e. The Hall–Kier alpha value is -3.34. The summed E-state index contributed by atoms with van der Waals surface area (Å²) < 4.78 is 58.4. The number of sulfonamides is 1. The molecule has 0 unspecified atom stereocenters. The van der Waals surface area contributed by atoms with Gasteiger partial charge in [-0.05, 0) is 57.0 Å². The third-order valence-corrected chi connectivity index (χ3v) is 6.89. The molecule has 0 spiro atoms. The van der Waals surface area contributed by atoms with Gasteiger partial charge in [-0.1, -0.05) is 6.07 Å². The number of halogens is 1. The van der Waals surface area contributed by atoms with Crippen molar-refractivity contribution in [2.75, 3.05) is 18.0 Å². The Labute approximate surface area is 203 Å². The first kappa shape index (κ1) is 26.3. The minimum Gasteiger partial charge on any atom is -0.494 e. The van der Waals surface area contributed by atoms with Crippen LogP contribution in [0.2, 0.25) is 0 Å². The summed E-state index contributed by atoms with van der Waals surface area (Å²) in [5, 5.41) is 9.05. The summed E-state index contributed by atoms with van der Waals surface area (Å²) >= 11 is 0. The van der Waals surface area contributed by atoms with E-state index in [-0.39, 0.29) is 47.9 Å². The van der Waals surface area contributed by atoms with Crippen molar-refractivity contribution in [1.29, 1.82) is 0 Å². The van der Waals surface area contributed by atoms with Gasteiger partial charge in [0.25, 0.3) is 10.0 Å². The maximum atomic E-state index is 13.9. The van der Waals surface area contributed by atoms with E-state index in [2.05, 4.69) is 0 Å². The van der Waals surface area contributed by atoms with Crippen LogP contribution >= 0.6 is 0 Å². The molecule has 1 aliphatic rings. The second kappa shape index (κ2) is 10.1. The van der Waals surface area contributed by atoms with Crippen LogP contribution in [-0.2, 0) is 30.8 Å². The molecule has 0 aliphatic carbocycles. The number of rotatable bonds is 8. The van der Waals surface area contributed by atoms with Crippen LogP contribution < -0.4 is 13.8 Å². The van der Waals surface area contributed by atoms with E-state index in [4.69, 9.17) is 19.3 Å². The van der Waals surface area contributed by atoms with Crippen molar-refractivity contribution in [3.05, 3.63) is 47.8 Å². The van der Waals surface area contributed by atoms with Crippen molar-refractivity contribution in [1.82, 2.24) is 0 Å². The molecule has 1 heterocycles. The first-order valence-electron chi connectivity index (χ1n) is 10.9. The minimum atomic E-state index is -4.23. The highest BCUT2D eigenvalue weighted by atomic mass is 32.2. The first-order chi connectivity index (χ1) is 16.3. The van der Waals surface area contributed by atoms with Gasteiger partial charge in [0.1, 0.15) is 17.5 Å². The lowest BCUT2D eigenvalue weighted by Gasteiger charge is -2.35. The van der Waals surface area contributed by atoms with Crippen molar-refractivity contribution in [2.45, 2.75) is 56.6 Å². The van der Waals surface area contributed by atoms with E-state index >= 15 is 0 Å². The zero-order valence-corrected chi connectivity index (χ0v) is 20.7. The normalized spacial score (nSPS) is 15.7. The summed E-state index contributed by atoms with van der Waals surface area (Å²) in [6.45, 7) is 5.06. The smallest absolute Gasteiger partial charge is 0.310 e. The van der Waals surface area contributed by atoms with Gasteiger partial charge in [0.2, 0.25) is 0 Å². The predicted molar refractivity (Wildman–Crippen MR) is 125 cm³/mol. The van der Waals surface area contributed by atoms with E-state index in [1.807, 2.05) is 0 Å². The number of carbonyl (C=O) groups excluding carboxylic acids is 1. The average molecular weight is 510 g/mol. The minimum absolute atomic E-state index is 0.0766. The number of carboxylic acids is 1. The van der Waals surface area contributed by atoms with Gasteiger partial charge < -0.3 is 19.3 Å². The molecule has 1 aliphatic heterocycles. The van der Waals surface area contributed by atoms with Crippen LogP contribution in [0.5, 0.6) is 11.5 Å². The molecule has 2 aromatic carbocycles. The highest BCUT2D eigenvalue weighted by molar-refractivity contribution is 7.92. The molecule has 1 atom stereocenters. The Kier molecular flexibility index (Phi) is 7.59. The van der Waals surface area contributed by atoms with Crippen LogP contribution in [0.3, 0.4) is 0 Å². The number of carbonyl (C=O) groups is 2. The van der Waals surface area contributed by atoms with Crippen molar-refractivity contribution in [3.63, 3.8) is 0 Å². The lowest BCUT2D eigenvalue weighted by molar-refractivity contribution is -0.154. The molecule has 2 aromatic rings. The molecule has 35 heavy (non-hydrogen) atoms. The molecule has 0 amide bonds. The van der Waals surface area contributed by atoms with Crippen LogP contribution in [0.1, 0.15) is 39.2 Å². The van der Waals surface area contributed by atoms with Gasteiger partial charge in [-0.3, -0.25) is 13.9 Å². The number of methoxy groups -OCH3 is 1. The lowest BCUT2D eigenvalue weighted by Crippen LogP contribution is -2.43. The molecule has 190 valence electrons. The highest BCUT2D eigenvalue weighted by Crippen LogP contribution is 2.39. The van der Waals surface area contributed by atoms with Crippen molar-refractivity contribution >= 4 is 27.6 Å². The largest absolute Gasteiger partial charge is 0.494 e. The molecule has 0 fully saturated rings. The molecule has 0 saturated carbocycles. The Morgan fingerprint density at radius 1 is 1.20 bits per heavy atom. The third-order valence-electron chi connectivity index (χ3n) is 5.11. The van der Waals surface area contributed by atoms with Crippen LogP contribution in [0, 0.1) is 5.82 Å². The fraction of sp³-hybridized carbons (Fsp3) is 0.417. The average Bonchev–Trinajstić information content (AvgIpc) is 2.76. The second-order valence-corrected chi connectivity index (χ2v) is 10.9. The second-order valence-electron chi connectivity index (χ2n) is 9.07. The number of ether oxygens (including phenoxy) is 3. The van der Waals surface area contributed by atoms with E-state index in [1.54, 1.807) is 26.8 Å². The molecule has 11 heteroatoms. The molecule has 0 bridgehead atoms. The summed E-state index contributed by atoms with van der Waals surface area (Å²) in [5.41, 5.74) is 0.00590. The van der Waals surface area contributed by atoms with Crippen LogP contribution in [0.15, 0.2) is 41.3 Å². The number of fused-ring (bicyclic) bond motifs is 1. The SMILES string of the molecule is COc1cc(S(=O)(=O)N2C[C@H](CCC(=O)O)Oc3ccc(CC(=O)OC(C)(C)C)cc32)ccc1F. The fourth-order valence-corrected chi connectivity index (χ4v) is 5.12. The molecule has 9 nitrogen and oxygen atoms in total. The summed E-state index contributed by atoms with van der Waals surface area (Å²) in [6.07, 6.45) is -0.958. The molecule has 0 radical (unpaired) electrons. The van der Waals surface area contributed by atoms with Gasteiger partial charge in [0.05, 0.1) is 30.7 Å². The van der Waals surface area contributed by atoms with Crippen molar-refractivity contribution in [2.24, 2.45) is 0 Å². The summed E-state index contributed by atoms with van der Waals surface area (Å²) in [5.74, 6) is -2.25. The van der Waals surface area contributed by atoms with E-state index in [9.17, 15) is 22.4 Å². The van der Waals surface area contributed by atoms with Gasteiger partial charge in [0, 0.05) is 12.5 Å². The Morgan fingerprint density at radius 2 is 1.91 bits per heavy atom. The first-order valence-corrected chi connectivity index (χ1v) is 12.3. The number of hydrogen-bond acceptors (Lipinski definition) is 7. The summed E-state index contributed by atoms with van der Waals surface area (Å²) in [4.78, 5) is 23.2. The molecule has 0 aromatic heterocycles. The highest BCUT2D eigenvalue weighted by Gasteiger charge is 2.35.